The van der Waals surface area contributed by atoms with Crippen molar-refractivity contribution in [1.29, 1.82) is 0 Å². The molecule has 48 valence electrons. The normalized spacial score (nSPS) is 8.50. The van der Waals surface area contributed by atoms with E-state index in [-0.39, 0.29) is 24.4 Å². The Kier molecular flexibility index (Phi) is 3.20. The predicted molar refractivity (Wildman–Crippen MR) is 27.5 cm³/mol. The Morgan fingerprint density at radius 3 is 2.60 bits per heavy atom. The Morgan fingerprint density at radius 1 is 1.80 bits per heavy atom. The second-order valence-corrected chi connectivity index (χ2v) is 1.69. The zero-order chi connectivity index (χ0) is 6.85. The van der Waals surface area contributed by atoms with Gasteiger partial charge in [-0.3, -0.25) is 4.68 Å². The summed E-state index contributed by atoms with van der Waals surface area (Å²) >= 11 is 0. The summed E-state index contributed by atoms with van der Waals surface area (Å²) in [5.74, 6) is -1.19. The second kappa shape index (κ2) is 3.45. The molecule has 4 nitrogen and oxygen atoms in total. The second-order valence-electron chi connectivity index (χ2n) is 1.69. The first kappa shape index (κ1) is 9.28. The molecule has 0 radical (unpaired) electrons. The number of carboxylic acids is 1. The van der Waals surface area contributed by atoms with Crippen LogP contribution >= 0.6 is 0 Å². The van der Waals surface area contributed by atoms with Gasteiger partial charge >= 0.3 is 18.9 Å². The molecule has 0 aliphatic heterocycles. The molecule has 1 aromatic heterocycles. The number of nitrogens with zero attached hydrogens (tertiary/aromatic N) is 2. The average molecular weight is 132 g/mol. The monoisotopic (exact) mass is 132 g/mol. The van der Waals surface area contributed by atoms with Crippen LogP contribution in [0.3, 0.4) is 0 Å². The van der Waals surface area contributed by atoms with Crippen LogP contribution in [0.25, 0.3) is 0 Å². The van der Waals surface area contributed by atoms with Gasteiger partial charge in [0, 0.05) is 18.8 Å². The number of aryl methyl sites for hydroxylation is 1. The summed E-state index contributed by atoms with van der Waals surface area (Å²) in [5, 5.41) is 13.7. The number of aromatic nitrogens is 2. The topological polar surface area (TPSA) is 58.0 Å². The van der Waals surface area contributed by atoms with E-state index in [1.165, 1.54) is 17.1 Å². The van der Waals surface area contributed by atoms with Crippen molar-refractivity contribution in [2.45, 2.75) is 0 Å². The van der Waals surface area contributed by atoms with Gasteiger partial charge in [-0.2, -0.15) is 5.10 Å². The van der Waals surface area contributed by atoms with E-state index in [0.717, 1.165) is 0 Å². The molecule has 0 amide bonds. The van der Waals surface area contributed by atoms with Crippen molar-refractivity contribution in [3.63, 3.8) is 0 Å². The van der Waals surface area contributed by atoms with E-state index >= 15 is 0 Å². The Balaban J connectivity index is 0.000000810. The summed E-state index contributed by atoms with van der Waals surface area (Å²) in [6.07, 6.45) is 2.63. The number of carbonyl (C=O) groups is 1. The van der Waals surface area contributed by atoms with Crippen molar-refractivity contribution in [1.82, 2.24) is 9.78 Å². The van der Waals surface area contributed by atoms with Crippen LogP contribution in [-0.4, -0.2) is 15.7 Å². The summed E-state index contributed by atoms with van der Waals surface area (Å²) in [6.45, 7) is 0. The predicted octanol–water partition coefficient (Wildman–Crippen LogP) is -4.21. The zero-order valence-electron chi connectivity index (χ0n) is 5.87. The number of carbonyl (C=O) groups excluding carboxylic acids is 1. The smallest absolute Gasteiger partial charge is 0.545 e. The van der Waals surface area contributed by atoms with Crippen LogP contribution < -0.4 is 24.0 Å². The van der Waals surface area contributed by atoms with Crippen molar-refractivity contribution in [3.8, 4) is 0 Å². The van der Waals surface area contributed by atoms with Gasteiger partial charge in [0.05, 0.1) is 12.2 Å². The zero-order valence-corrected chi connectivity index (χ0v) is 5.87. The molecule has 0 saturated heterocycles. The molecule has 10 heavy (non-hydrogen) atoms. The van der Waals surface area contributed by atoms with Gasteiger partial charge < -0.3 is 9.90 Å². The first-order chi connectivity index (χ1) is 4.20. The Bertz CT molecular complexity index is 233. The van der Waals surface area contributed by atoms with E-state index in [4.69, 9.17) is 0 Å². The minimum atomic E-state index is -1.19. The molecule has 0 aromatic carbocycles. The van der Waals surface area contributed by atoms with Crippen molar-refractivity contribution in [2.24, 2.45) is 7.05 Å². The maximum Gasteiger partial charge on any atom is 1.00 e. The van der Waals surface area contributed by atoms with Crippen molar-refractivity contribution >= 4 is 5.97 Å². The van der Waals surface area contributed by atoms with Gasteiger partial charge in [0.2, 0.25) is 0 Å². The first-order valence-electron chi connectivity index (χ1n) is 2.40. The van der Waals surface area contributed by atoms with Crippen molar-refractivity contribution < 1.29 is 28.8 Å². The molecule has 0 aliphatic rings. The largest absolute Gasteiger partial charge is 1.00 e. The van der Waals surface area contributed by atoms with Crippen molar-refractivity contribution in [3.05, 3.63) is 18.0 Å². The summed E-state index contributed by atoms with van der Waals surface area (Å²) < 4.78 is 1.41. The van der Waals surface area contributed by atoms with Crippen LogP contribution in [0.1, 0.15) is 10.4 Å². The number of rotatable bonds is 1. The number of aromatic carboxylic acids is 1. The van der Waals surface area contributed by atoms with E-state index < -0.39 is 5.97 Å². The van der Waals surface area contributed by atoms with Crippen molar-refractivity contribution in [2.75, 3.05) is 0 Å². The van der Waals surface area contributed by atoms with Gasteiger partial charge in [-0.1, -0.05) is 0 Å². The third-order valence-corrected chi connectivity index (χ3v) is 0.941. The fraction of sp³-hybridized carbons (Fsp3) is 0.200. The average Bonchev–Trinajstić information content (AvgIpc) is 2.14. The standard InChI is InChI=1S/C5H6N2O2.Li/c1-7-3-4(2-6-7)5(8)9;/h2-3H,1H3,(H,8,9);/q;+1/p-1. The summed E-state index contributed by atoms with van der Waals surface area (Å²) in [4.78, 5) is 10.0. The molecule has 0 bridgehead atoms. The van der Waals surface area contributed by atoms with Gasteiger partial charge in [-0.05, 0) is 0 Å². The van der Waals surface area contributed by atoms with E-state index in [9.17, 15) is 9.90 Å². The summed E-state index contributed by atoms with van der Waals surface area (Å²) in [7, 11) is 1.65. The molecule has 0 spiro atoms. The molecule has 0 unspecified atom stereocenters. The van der Waals surface area contributed by atoms with Gasteiger partial charge in [0.15, 0.2) is 0 Å². The fourth-order valence-corrected chi connectivity index (χ4v) is 0.527. The van der Waals surface area contributed by atoms with E-state index in [0.29, 0.717) is 0 Å². The maximum atomic E-state index is 10.0. The minimum Gasteiger partial charge on any atom is -0.545 e. The third-order valence-electron chi connectivity index (χ3n) is 0.941. The van der Waals surface area contributed by atoms with Crippen LogP contribution in [0.2, 0.25) is 0 Å². The molecular formula is C5H5LiN2O2. The van der Waals surface area contributed by atoms with Gasteiger partial charge in [-0.25, -0.2) is 0 Å². The maximum absolute atomic E-state index is 10.0. The van der Waals surface area contributed by atoms with Crippen LogP contribution in [0.5, 0.6) is 0 Å². The molecule has 0 N–H and O–H groups in total. The van der Waals surface area contributed by atoms with E-state index in [1.807, 2.05) is 0 Å². The SMILES string of the molecule is Cn1cc(C(=O)[O-])cn1.[Li+]. The number of hydrogen-bond donors (Lipinski definition) is 0. The molecule has 1 heterocycles. The Labute approximate surface area is 70.0 Å². The number of carboxylic acid groups (broad SMARTS) is 1. The van der Waals surface area contributed by atoms with E-state index in [1.54, 1.807) is 7.05 Å². The number of hydrogen-bond acceptors (Lipinski definition) is 3. The van der Waals surface area contributed by atoms with Gasteiger partial charge in [0.1, 0.15) is 0 Å². The quantitative estimate of drug-likeness (QED) is 0.364. The minimum absolute atomic E-state index is 0. The third kappa shape index (κ3) is 1.90. The van der Waals surface area contributed by atoms with Crippen LogP contribution in [0.15, 0.2) is 12.4 Å². The molecule has 0 saturated carbocycles. The Morgan fingerprint density at radius 2 is 2.40 bits per heavy atom. The molecule has 1 aromatic rings. The van der Waals surface area contributed by atoms with Crippen LogP contribution in [0.4, 0.5) is 0 Å². The fourth-order valence-electron chi connectivity index (χ4n) is 0.527. The van der Waals surface area contributed by atoms with Gasteiger partial charge in [-0.15, -0.1) is 0 Å². The van der Waals surface area contributed by atoms with Crippen LogP contribution in [0, 0.1) is 0 Å². The molecule has 5 heteroatoms. The van der Waals surface area contributed by atoms with Crippen LogP contribution in [-0.2, 0) is 7.05 Å². The van der Waals surface area contributed by atoms with Gasteiger partial charge in [0.25, 0.3) is 0 Å². The first-order valence-corrected chi connectivity index (χ1v) is 2.40. The molecule has 1 rings (SSSR count). The molecule has 0 aliphatic carbocycles. The summed E-state index contributed by atoms with van der Waals surface area (Å²) in [6, 6.07) is 0. The molecule has 0 atom stereocenters. The molecule has 0 fully saturated rings. The molecular weight excluding hydrogens is 127 g/mol. The Hall–Kier alpha value is -0.723. The van der Waals surface area contributed by atoms with E-state index in [2.05, 4.69) is 5.10 Å². The summed E-state index contributed by atoms with van der Waals surface area (Å²) in [5.41, 5.74) is 0.109.